The quantitative estimate of drug-likeness (QED) is 0.699. The minimum Gasteiger partial charge on any atom is -0.493 e. The van der Waals surface area contributed by atoms with Gasteiger partial charge in [-0.3, -0.25) is 4.57 Å². The van der Waals surface area contributed by atoms with E-state index in [1.807, 2.05) is 47.9 Å². The summed E-state index contributed by atoms with van der Waals surface area (Å²) in [6.45, 7) is 2.24. The number of hydrogen-bond acceptors (Lipinski definition) is 5. The van der Waals surface area contributed by atoms with Crippen LogP contribution in [0.3, 0.4) is 0 Å². The van der Waals surface area contributed by atoms with Crippen LogP contribution in [0.15, 0.2) is 36.4 Å². The lowest BCUT2D eigenvalue weighted by Gasteiger charge is -2.22. The standard InChI is InChI=1S/C19H18ClN3O3/c1-11-21-22-17-10-26-18(13-5-4-6-16(24-2)19(13)25-3)14-9-12(20)7-8-15(14)23(11)17/h4-9,18H,10H2,1-3H3. The molecule has 0 saturated heterocycles. The van der Waals surface area contributed by atoms with E-state index in [4.69, 9.17) is 25.8 Å². The SMILES string of the molecule is COc1cccc(C2OCc3nnc(C)n3-c3ccc(Cl)cc32)c1OC. The van der Waals surface area contributed by atoms with Gasteiger partial charge in [0.05, 0.1) is 19.9 Å². The maximum atomic E-state index is 6.30. The molecular formula is C19H18ClN3O3. The highest BCUT2D eigenvalue weighted by atomic mass is 35.5. The van der Waals surface area contributed by atoms with E-state index >= 15 is 0 Å². The van der Waals surface area contributed by atoms with Crippen LogP contribution >= 0.6 is 11.6 Å². The molecule has 0 amide bonds. The van der Waals surface area contributed by atoms with Crippen LogP contribution in [0.25, 0.3) is 5.69 Å². The number of hydrogen-bond donors (Lipinski definition) is 0. The van der Waals surface area contributed by atoms with Crippen molar-refractivity contribution in [2.45, 2.75) is 19.6 Å². The summed E-state index contributed by atoms with van der Waals surface area (Å²) in [7, 11) is 3.24. The van der Waals surface area contributed by atoms with Crippen LogP contribution < -0.4 is 9.47 Å². The Morgan fingerprint density at radius 2 is 1.96 bits per heavy atom. The fourth-order valence-corrected chi connectivity index (χ4v) is 3.56. The van der Waals surface area contributed by atoms with Gasteiger partial charge in [0.25, 0.3) is 0 Å². The number of benzene rings is 2. The summed E-state index contributed by atoms with van der Waals surface area (Å²) in [6, 6.07) is 11.5. The molecule has 2 heterocycles. The third-order valence-corrected chi connectivity index (χ3v) is 4.73. The third kappa shape index (κ3) is 2.62. The zero-order valence-electron chi connectivity index (χ0n) is 14.7. The zero-order valence-corrected chi connectivity index (χ0v) is 15.4. The first kappa shape index (κ1) is 16.9. The van der Waals surface area contributed by atoms with Gasteiger partial charge in [-0.2, -0.15) is 0 Å². The van der Waals surface area contributed by atoms with Gasteiger partial charge in [0.15, 0.2) is 17.3 Å². The van der Waals surface area contributed by atoms with Crippen molar-refractivity contribution in [2.24, 2.45) is 0 Å². The van der Waals surface area contributed by atoms with Crippen molar-refractivity contribution in [3.05, 3.63) is 64.2 Å². The molecule has 1 unspecified atom stereocenters. The van der Waals surface area contributed by atoms with Gasteiger partial charge in [-0.1, -0.05) is 23.7 Å². The molecule has 1 aliphatic rings. The minimum absolute atomic E-state index is 0.318. The topological polar surface area (TPSA) is 58.4 Å². The van der Waals surface area contributed by atoms with Crippen LogP contribution in [0.5, 0.6) is 11.5 Å². The van der Waals surface area contributed by atoms with Gasteiger partial charge >= 0.3 is 0 Å². The highest BCUT2D eigenvalue weighted by Crippen LogP contribution is 2.43. The van der Waals surface area contributed by atoms with Gasteiger partial charge < -0.3 is 14.2 Å². The number of nitrogens with zero attached hydrogens (tertiary/aromatic N) is 3. The summed E-state index contributed by atoms with van der Waals surface area (Å²) in [5.74, 6) is 2.83. The Labute approximate surface area is 156 Å². The van der Waals surface area contributed by atoms with E-state index in [0.29, 0.717) is 23.1 Å². The van der Waals surface area contributed by atoms with E-state index in [1.165, 1.54) is 0 Å². The highest BCUT2D eigenvalue weighted by molar-refractivity contribution is 6.30. The second-order valence-electron chi connectivity index (χ2n) is 5.98. The van der Waals surface area contributed by atoms with Crippen molar-refractivity contribution in [3.8, 4) is 17.2 Å². The van der Waals surface area contributed by atoms with Gasteiger partial charge in [0.2, 0.25) is 0 Å². The fourth-order valence-electron chi connectivity index (χ4n) is 3.38. The Bertz CT molecular complexity index is 971. The normalized spacial score (nSPS) is 15.8. The lowest BCUT2D eigenvalue weighted by molar-refractivity contribution is 0.0636. The Morgan fingerprint density at radius 1 is 1.12 bits per heavy atom. The van der Waals surface area contributed by atoms with Crippen LogP contribution in [0, 0.1) is 6.92 Å². The molecule has 0 bridgehead atoms. The van der Waals surface area contributed by atoms with Crippen molar-refractivity contribution < 1.29 is 14.2 Å². The summed E-state index contributed by atoms with van der Waals surface area (Å²) in [5.41, 5.74) is 2.73. The van der Waals surface area contributed by atoms with Crippen molar-refractivity contribution in [1.29, 1.82) is 0 Å². The summed E-state index contributed by atoms with van der Waals surface area (Å²) in [4.78, 5) is 0. The Balaban J connectivity index is 1.95. The highest BCUT2D eigenvalue weighted by Gasteiger charge is 2.29. The Morgan fingerprint density at radius 3 is 2.73 bits per heavy atom. The molecule has 1 aromatic heterocycles. The van der Waals surface area contributed by atoms with E-state index in [0.717, 1.165) is 28.5 Å². The molecule has 0 spiro atoms. The number of aromatic nitrogens is 3. The van der Waals surface area contributed by atoms with Crippen LogP contribution in [-0.2, 0) is 11.3 Å². The van der Waals surface area contributed by atoms with Crippen LogP contribution in [0.2, 0.25) is 5.02 Å². The van der Waals surface area contributed by atoms with Crippen molar-refractivity contribution in [3.63, 3.8) is 0 Å². The molecule has 0 saturated carbocycles. The summed E-state index contributed by atoms with van der Waals surface area (Å²) < 4.78 is 19.3. The van der Waals surface area contributed by atoms with Gasteiger partial charge in [0.1, 0.15) is 18.5 Å². The van der Waals surface area contributed by atoms with Crippen molar-refractivity contribution in [2.75, 3.05) is 14.2 Å². The fraction of sp³-hybridized carbons (Fsp3) is 0.263. The first-order valence-corrected chi connectivity index (χ1v) is 8.55. The Hall–Kier alpha value is -2.57. The lowest BCUT2D eigenvalue weighted by Crippen LogP contribution is -2.09. The van der Waals surface area contributed by atoms with Gasteiger partial charge in [-0.15, -0.1) is 10.2 Å². The molecule has 0 N–H and O–H groups in total. The zero-order chi connectivity index (χ0) is 18.3. The smallest absolute Gasteiger partial charge is 0.166 e. The maximum Gasteiger partial charge on any atom is 0.166 e. The molecule has 7 heteroatoms. The molecule has 3 aromatic rings. The molecule has 2 aromatic carbocycles. The lowest BCUT2D eigenvalue weighted by atomic mass is 9.98. The monoisotopic (exact) mass is 371 g/mol. The van der Waals surface area contributed by atoms with Gasteiger partial charge in [0, 0.05) is 16.1 Å². The molecule has 0 fully saturated rings. The molecule has 6 nitrogen and oxygen atoms in total. The summed E-state index contributed by atoms with van der Waals surface area (Å²) >= 11 is 6.30. The maximum absolute atomic E-state index is 6.30. The van der Waals surface area contributed by atoms with Crippen LogP contribution in [0.1, 0.15) is 28.9 Å². The van der Waals surface area contributed by atoms with Gasteiger partial charge in [-0.05, 0) is 31.2 Å². The van der Waals surface area contributed by atoms with Gasteiger partial charge in [-0.25, -0.2) is 0 Å². The van der Waals surface area contributed by atoms with E-state index in [1.54, 1.807) is 14.2 Å². The van der Waals surface area contributed by atoms with Crippen molar-refractivity contribution >= 4 is 11.6 Å². The number of methoxy groups -OCH3 is 2. The molecule has 0 radical (unpaired) electrons. The first-order valence-electron chi connectivity index (χ1n) is 8.17. The molecule has 1 atom stereocenters. The summed E-state index contributed by atoms with van der Waals surface area (Å²) in [6.07, 6.45) is -0.380. The average molecular weight is 372 g/mol. The summed E-state index contributed by atoms with van der Waals surface area (Å²) in [5, 5.41) is 9.05. The number of fused-ring (bicyclic) bond motifs is 3. The van der Waals surface area contributed by atoms with Crippen LogP contribution in [0.4, 0.5) is 0 Å². The predicted molar refractivity (Wildman–Crippen MR) is 97.3 cm³/mol. The largest absolute Gasteiger partial charge is 0.493 e. The van der Waals surface area contributed by atoms with Crippen molar-refractivity contribution in [1.82, 2.24) is 14.8 Å². The second kappa shape index (κ2) is 6.63. The third-order valence-electron chi connectivity index (χ3n) is 4.50. The van der Waals surface area contributed by atoms with Crippen LogP contribution in [-0.4, -0.2) is 29.0 Å². The van der Waals surface area contributed by atoms with E-state index in [9.17, 15) is 0 Å². The number of ether oxygens (including phenoxy) is 3. The van der Waals surface area contributed by atoms with E-state index in [-0.39, 0.29) is 6.10 Å². The first-order chi connectivity index (χ1) is 12.6. The predicted octanol–water partition coefficient (Wildman–Crippen LogP) is 3.87. The van der Waals surface area contributed by atoms with E-state index in [2.05, 4.69) is 10.2 Å². The molecule has 1 aliphatic heterocycles. The van der Waals surface area contributed by atoms with E-state index < -0.39 is 0 Å². The second-order valence-corrected chi connectivity index (χ2v) is 6.41. The number of aryl methyl sites for hydroxylation is 1. The average Bonchev–Trinajstić information content (AvgIpc) is 2.93. The Kier molecular flexibility index (Phi) is 4.30. The molecule has 134 valence electrons. The number of halogens is 1. The molecular weight excluding hydrogens is 354 g/mol. The minimum atomic E-state index is -0.380. The molecule has 0 aliphatic carbocycles. The molecule has 26 heavy (non-hydrogen) atoms. The molecule has 4 rings (SSSR count). The number of rotatable bonds is 3. The number of para-hydroxylation sites is 1.